The van der Waals surface area contributed by atoms with Crippen molar-refractivity contribution in [1.82, 2.24) is 0 Å². The quantitative estimate of drug-likeness (QED) is 0.776. The molecule has 0 aromatic heterocycles. The molecule has 0 aliphatic carbocycles. The highest BCUT2D eigenvalue weighted by Crippen LogP contribution is 2.12. The van der Waals surface area contributed by atoms with Gasteiger partial charge < -0.3 is 9.84 Å². The van der Waals surface area contributed by atoms with Gasteiger partial charge in [-0.1, -0.05) is 23.8 Å². The molecule has 16 heavy (non-hydrogen) atoms. The minimum absolute atomic E-state index is 0.400. The Morgan fingerprint density at radius 3 is 2.44 bits per heavy atom. The molecule has 0 amide bonds. The molecule has 0 atom stereocenters. The van der Waals surface area contributed by atoms with Crippen LogP contribution in [0.1, 0.15) is 20.3 Å². The van der Waals surface area contributed by atoms with E-state index in [1.54, 1.807) is 6.92 Å². The summed E-state index contributed by atoms with van der Waals surface area (Å²) >= 11 is 0. The number of aliphatic carboxylic acids is 1. The summed E-state index contributed by atoms with van der Waals surface area (Å²) in [6.07, 6.45) is 0.632. The molecule has 0 aliphatic heterocycles. The molecule has 1 aromatic carbocycles. The van der Waals surface area contributed by atoms with Gasteiger partial charge in [-0.3, -0.25) is 0 Å². The van der Waals surface area contributed by atoms with Crippen molar-refractivity contribution in [2.24, 2.45) is 0 Å². The van der Waals surface area contributed by atoms with Crippen molar-refractivity contribution in [3.63, 3.8) is 0 Å². The lowest BCUT2D eigenvalue weighted by Gasteiger charge is -2.07. The van der Waals surface area contributed by atoms with Gasteiger partial charge in [0.05, 0.1) is 6.61 Å². The zero-order chi connectivity index (χ0) is 12.0. The van der Waals surface area contributed by atoms with E-state index < -0.39 is 5.97 Å². The molecule has 1 aromatic rings. The first-order valence-corrected chi connectivity index (χ1v) is 5.18. The normalized spacial score (nSPS) is 11.9. The van der Waals surface area contributed by atoms with Crippen LogP contribution in [0.5, 0.6) is 5.75 Å². The number of carboxylic acid groups (broad SMARTS) is 1. The summed E-state index contributed by atoms with van der Waals surface area (Å²) in [7, 11) is 0. The van der Waals surface area contributed by atoms with Crippen molar-refractivity contribution in [2.75, 3.05) is 6.61 Å². The number of rotatable bonds is 5. The number of para-hydroxylation sites is 1. The average molecular weight is 220 g/mol. The Morgan fingerprint density at radius 1 is 1.25 bits per heavy atom. The zero-order valence-corrected chi connectivity index (χ0v) is 9.56. The lowest BCUT2D eigenvalue weighted by Crippen LogP contribution is -2.03. The Hall–Kier alpha value is -1.77. The van der Waals surface area contributed by atoms with Crippen LogP contribution in [0.2, 0.25) is 0 Å². The molecule has 0 unspecified atom stereocenters. The average Bonchev–Trinajstić information content (AvgIpc) is 2.29. The summed E-state index contributed by atoms with van der Waals surface area (Å²) in [5.74, 6) is -0.0551. The monoisotopic (exact) mass is 220 g/mol. The minimum atomic E-state index is -0.864. The predicted octanol–water partition coefficient (Wildman–Crippen LogP) is 2.88. The summed E-state index contributed by atoms with van der Waals surface area (Å²) in [6.45, 7) is 3.93. The van der Waals surface area contributed by atoms with E-state index in [2.05, 4.69) is 0 Å². The number of carbonyl (C=O) groups is 1. The van der Waals surface area contributed by atoms with E-state index in [-0.39, 0.29) is 0 Å². The van der Waals surface area contributed by atoms with Crippen molar-refractivity contribution in [2.45, 2.75) is 20.3 Å². The van der Waals surface area contributed by atoms with Gasteiger partial charge >= 0.3 is 5.97 Å². The SMILES string of the molecule is CC(CCOc1ccccc1)=C(C)C(=O)O. The van der Waals surface area contributed by atoms with Crippen molar-refractivity contribution >= 4 is 5.97 Å². The van der Waals surface area contributed by atoms with Crippen LogP contribution < -0.4 is 4.74 Å². The second kappa shape index (κ2) is 5.95. The van der Waals surface area contributed by atoms with Crippen LogP contribution in [0.3, 0.4) is 0 Å². The lowest BCUT2D eigenvalue weighted by molar-refractivity contribution is -0.132. The molecule has 0 bridgehead atoms. The molecular weight excluding hydrogens is 204 g/mol. The van der Waals surface area contributed by atoms with Gasteiger partial charge in [0.1, 0.15) is 5.75 Å². The summed E-state index contributed by atoms with van der Waals surface area (Å²) in [5, 5.41) is 8.77. The molecule has 0 fully saturated rings. The Kier molecular flexibility index (Phi) is 4.58. The third kappa shape index (κ3) is 3.77. The Bertz CT molecular complexity index is 379. The van der Waals surface area contributed by atoms with E-state index in [9.17, 15) is 4.79 Å². The lowest BCUT2D eigenvalue weighted by atomic mass is 10.1. The third-order valence-electron chi connectivity index (χ3n) is 2.45. The van der Waals surface area contributed by atoms with Crippen LogP contribution in [0, 0.1) is 0 Å². The van der Waals surface area contributed by atoms with Gasteiger partial charge in [-0.15, -0.1) is 0 Å². The number of hydrogen-bond acceptors (Lipinski definition) is 2. The summed E-state index contributed by atoms with van der Waals surface area (Å²) in [5.41, 5.74) is 1.25. The van der Waals surface area contributed by atoms with E-state index in [4.69, 9.17) is 9.84 Å². The third-order valence-corrected chi connectivity index (χ3v) is 2.45. The molecule has 3 heteroatoms. The molecule has 0 spiro atoms. The Morgan fingerprint density at radius 2 is 1.88 bits per heavy atom. The van der Waals surface area contributed by atoms with E-state index in [1.807, 2.05) is 37.3 Å². The fraction of sp³-hybridized carbons (Fsp3) is 0.308. The first-order chi connectivity index (χ1) is 7.61. The molecule has 0 radical (unpaired) electrons. The van der Waals surface area contributed by atoms with Crippen LogP contribution in [0.25, 0.3) is 0 Å². The van der Waals surface area contributed by atoms with Gasteiger partial charge in [-0.2, -0.15) is 0 Å². The standard InChI is InChI=1S/C13H16O3/c1-10(11(2)13(14)15)8-9-16-12-6-4-3-5-7-12/h3-7H,8-9H2,1-2H3,(H,14,15). The summed E-state index contributed by atoms with van der Waals surface area (Å²) in [6, 6.07) is 9.49. The molecule has 1 rings (SSSR count). The Balaban J connectivity index is 2.42. The second-order valence-electron chi connectivity index (χ2n) is 3.62. The highest BCUT2D eigenvalue weighted by atomic mass is 16.5. The number of ether oxygens (including phenoxy) is 1. The van der Waals surface area contributed by atoms with E-state index in [1.165, 1.54) is 0 Å². The zero-order valence-electron chi connectivity index (χ0n) is 9.56. The number of hydrogen-bond donors (Lipinski definition) is 1. The maximum atomic E-state index is 10.7. The smallest absolute Gasteiger partial charge is 0.331 e. The highest BCUT2D eigenvalue weighted by Gasteiger charge is 2.04. The maximum absolute atomic E-state index is 10.7. The topological polar surface area (TPSA) is 46.5 Å². The van der Waals surface area contributed by atoms with Crippen molar-refractivity contribution in [3.8, 4) is 5.75 Å². The van der Waals surface area contributed by atoms with Gasteiger partial charge in [-0.25, -0.2) is 4.79 Å². The van der Waals surface area contributed by atoms with Crippen LogP contribution in [-0.2, 0) is 4.79 Å². The summed E-state index contributed by atoms with van der Waals surface area (Å²) in [4.78, 5) is 10.7. The molecule has 1 N–H and O–H groups in total. The van der Waals surface area contributed by atoms with Crippen LogP contribution in [0.15, 0.2) is 41.5 Å². The molecule has 0 saturated carbocycles. The van der Waals surface area contributed by atoms with E-state index >= 15 is 0 Å². The van der Waals surface area contributed by atoms with Crippen LogP contribution >= 0.6 is 0 Å². The highest BCUT2D eigenvalue weighted by molar-refractivity contribution is 5.86. The molecule has 0 saturated heterocycles. The fourth-order valence-corrected chi connectivity index (χ4v) is 1.21. The number of benzene rings is 1. The van der Waals surface area contributed by atoms with Gasteiger partial charge in [0.15, 0.2) is 0 Å². The molecule has 86 valence electrons. The molecule has 0 aliphatic rings. The van der Waals surface area contributed by atoms with Gasteiger partial charge in [0.25, 0.3) is 0 Å². The molecule has 0 heterocycles. The minimum Gasteiger partial charge on any atom is -0.493 e. The van der Waals surface area contributed by atoms with E-state index in [0.29, 0.717) is 18.6 Å². The number of carboxylic acids is 1. The molecule has 3 nitrogen and oxygen atoms in total. The fourth-order valence-electron chi connectivity index (χ4n) is 1.21. The van der Waals surface area contributed by atoms with Gasteiger partial charge in [0, 0.05) is 12.0 Å². The Labute approximate surface area is 95.4 Å². The molecular formula is C13H16O3. The maximum Gasteiger partial charge on any atom is 0.331 e. The van der Waals surface area contributed by atoms with Gasteiger partial charge in [0.2, 0.25) is 0 Å². The van der Waals surface area contributed by atoms with Crippen molar-refractivity contribution in [1.29, 1.82) is 0 Å². The predicted molar refractivity (Wildman–Crippen MR) is 62.6 cm³/mol. The van der Waals surface area contributed by atoms with Crippen LogP contribution in [-0.4, -0.2) is 17.7 Å². The van der Waals surface area contributed by atoms with Crippen molar-refractivity contribution in [3.05, 3.63) is 41.5 Å². The second-order valence-corrected chi connectivity index (χ2v) is 3.62. The van der Waals surface area contributed by atoms with Gasteiger partial charge in [-0.05, 0) is 26.0 Å². The first-order valence-electron chi connectivity index (χ1n) is 5.18. The largest absolute Gasteiger partial charge is 0.493 e. The first kappa shape index (κ1) is 12.3. The van der Waals surface area contributed by atoms with Crippen molar-refractivity contribution < 1.29 is 14.6 Å². The van der Waals surface area contributed by atoms with Crippen LogP contribution in [0.4, 0.5) is 0 Å². The van der Waals surface area contributed by atoms with E-state index in [0.717, 1.165) is 11.3 Å². The summed E-state index contributed by atoms with van der Waals surface area (Å²) < 4.78 is 5.48.